The molecule has 0 atom stereocenters. The van der Waals surface area contributed by atoms with E-state index in [4.69, 9.17) is 16.6 Å². The molecule has 0 unspecified atom stereocenters. The number of nitrogen functional groups attached to an aromatic ring is 2. The molecule has 2 aromatic carbocycles. The average molecular weight is 401 g/mol. The molecule has 0 aromatic heterocycles. The van der Waals surface area contributed by atoms with E-state index in [2.05, 4.69) is 0 Å². The second kappa shape index (κ2) is 10.1. The van der Waals surface area contributed by atoms with Crippen LogP contribution < -0.4 is 11.5 Å². The van der Waals surface area contributed by atoms with Crippen LogP contribution in [0.15, 0.2) is 48.5 Å². The highest BCUT2D eigenvalue weighted by Gasteiger charge is 2.43. The molecule has 8 heteroatoms. The van der Waals surface area contributed by atoms with Crippen molar-refractivity contribution < 1.29 is 19.8 Å². The van der Waals surface area contributed by atoms with Gasteiger partial charge in [0.1, 0.15) is 0 Å². The highest BCUT2D eigenvalue weighted by molar-refractivity contribution is 6.22. The van der Waals surface area contributed by atoms with Crippen LogP contribution in [0.25, 0.3) is 0 Å². The fourth-order valence-electron chi connectivity index (χ4n) is 2.50. The van der Waals surface area contributed by atoms with Crippen LogP contribution in [-0.2, 0) is 0 Å². The number of aliphatic hydroxyl groups is 2. The maximum Gasteiger partial charge on any atom is 0.202 e. The Kier molecular flexibility index (Phi) is 9.31. The summed E-state index contributed by atoms with van der Waals surface area (Å²) in [6.07, 6.45) is -0.108. The minimum absolute atomic E-state index is 0. The Bertz CT molecular complexity index is 711. The third-order valence-corrected chi connectivity index (χ3v) is 3.75. The number of ketones is 2. The first-order valence-electron chi connectivity index (χ1n) is 7.52. The van der Waals surface area contributed by atoms with Crippen LogP contribution in [-0.4, -0.2) is 34.0 Å². The standard InChI is InChI=1S/C18H20N2O4.2ClH/c19-14-6-1-4-12(10-14)16(22)18(24,8-3-9-21)17(23)13-5-2-7-15(20)11-13;;/h1-2,4-7,10-11,21,24H,3,8-9,19-20H2;2*1H. The largest absolute Gasteiger partial charge is 0.399 e. The molecular weight excluding hydrogens is 379 g/mol. The Hall–Kier alpha value is -2.12. The molecule has 2 rings (SSSR count). The van der Waals surface area contributed by atoms with E-state index in [1.807, 2.05) is 0 Å². The van der Waals surface area contributed by atoms with Crippen LogP contribution in [0.5, 0.6) is 0 Å². The lowest BCUT2D eigenvalue weighted by Crippen LogP contribution is -2.47. The summed E-state index contributed by atoms with van der Waals surface area (Å²) in [5.41, 5.74) is 10.0. The van der Waals surface area contributed by atoms with Gasteiger partial charge in [0.15, 0.2) is 5.60 Å². The number of carbonyl (C=O) groups is 2. The Morgan fingerprint density at radius 3 is 1.65 bits per heavy atom. The number of halogens is 2. The number of hydrogen-bond acceptors (Lipinski definition) is 6. The van der Waals surface area contributed by atoms with Gasteiger partial charge in [0, 0.05) is 29.1 Å². The van der Waals surface area contributed by atoms with E-state index >= 15 is 0 Å². The Balaban J connectivity index is 0.00000312. The molecule has 0 amide bonds. The number of benzene rings is 2. The van der Waals surface area contributed by atoms with Crippen molar-refractivity contribution in [1.82, 2.24) is 0 Å². The second-order valence-corrected chi connectivity index (χ2v) is 5.60. The van der Waals surface area contributed by atoms with Crippen molar-refractivity contribution >= 4 is 47.8 Å². The summed E-state index contributed by atoms with van der Waals surface area (Å²) in [6.45, 7) is -0.253. The van der Waals surface area contributed by atoms with Crippen molar-refractivity contribution in [1.29, 1.82) is 0 Å². The number of rotatable bonds is 7. The molecule has 0 aliphatic carbocycles. The van der Waals surface area contributed by atoms with Crippen LogP contribution in [0.2, 0.25) is 0 Å². The van der Waals surface area contributed by atoms with Crippen molar-refractivity contribution in [3.8, 4) is 0 Å². The highest BCUT2D eigenvalue weighted by atomic mass is 35.5. The number of carbonyl (C=O) groups excluding carboxylic acids is 2. The van der Waals surface area contributed by atoms with E-state index in [0.29, 0.717) is 11.4 Å². The minimum Gasteiger partial charge on any atom is -0.399 e. The summed E-state index contributed by atoms with van der Waals surface area (Å²) in [5, 5.41) is 19.9. The molecule has 0 saturated heterocycles. The molecule has 0 heterocycles. The predicted octanol–water partition coefficient (Wildman–Crippen LogP) is 2.26. The van der Waals surface area contributed by atoms with Crippen molar-refractivity contribution in [2.75, 3.05) is 18.1 Å². The molecular formula is C18H22Cl2N2O4. The Morgan fingerprint density at radius 1 is 0.885 bits per heavy atom. The second-order valence-electron chi connectivity index (χ2n) is 5.60. The average Bonchev–Trinajstić information content (AvgIpc) is 2.58. The Labute approximate surface area is 164 Å². The normalized spacial score (nSPS) is 10.4. The maximum absolute atomic E-state index is 12.8. The fourth-order valence-corrected chi connectivity index (χ4v) is 2.50. The number of aliphatic hydroxyl groups excluding tert-OH is 1. The van der Waals surface area contributed by atoms with Crippen LogP contribution in [0.3, 0.4) is 0 Å². The number of anilines is 2. The first-order valence-corrected chi connectivity index (χ1v) is 7.52. The number of Topliss-reactive ketones (excluding diaryl/α,β-unsaturated/α-hetero) is 2. The molecule has 0 aliphatic heterocycles. The van der Waals surface area contributed by atoms with E-state index in [9.17, 15) is 14.7 Å². The number of nitrogens with two attached hydrogens (primary N) is 2. The zero-order valence-electron chi connectivity index (χ0n) is 13.9. The molecule has 0 aliphatic rings. The van der Waals surface area contributed by atoms with Gasteiger partial charge < -0.3 is 21.7 Å². The monoisotopic (exact) mass is 400 g/mol. The van der Waals surface area contributed by atoms with Crippen molar-refractivity contribution in [2.24, 2.45) is 0 Å². The van der Waals surface area contributed by atoms with Crippen molar-refractivity contribution in [3.63, 3.8) is 0 Å². The third-order valence-electron chi connectivity index (χ3n) is 3.75. The zero-order chi connectivity index (χ0) is 17.7. The number of hydrogen-bond donors (Lipinski definition) is 4. The van der Waals surface area contributed by atoms with Gasteiger partial charge in [0.05, 0.1) is 0 Å². The highest BCUT2D eigenvalue weighted by Crippen LogP contribution is 2.26. The molecule has 2 aromatic rings. The molecule has 6 N–H and O–H groups in total. The van der Waals surface area contributed by atoms with Crippen molar-refractivity contribution in [2.45, 2.75) is 18.4 Å². The first kappa shape index (κ1) is 23.9. The molecule has 0 fully saturated rings. The summed E-state index contributed by atoms with van der Waals surface area (Å²) in [5.74, 6) is -1.51. The molecule has 0 spiro atoms. The molecule has 142 valence electrons. The molecule has 26 heavy (non-hydrogen) atoms. The van der Waals surface area contributed by atoms with Gasteiger partial charge in [0.2, 0.25) is 11.6 Å². The van der Waals surface area contributed by atoms with Crippen LogP contribution in [0.1, 0.15) is 33.6 Å². The fraction of sp³-hybridized carbons (Fsp3) is 0.222. The summed E-state index contributed by atoms with van der Waals surface area (Å²) in [4.78, 5) is 25.6. The zero-order valence-corrected chi connectivity index (χ0v) is 15.6. The van der Waals surface area contributed by atoms with Crippen LogP contribution in [0, 0.1) is 0 Å². The SMILES string of the molecule is Cl.Cl.Nc1cccc(C(=O)C(O)(CCCO)C(=O)c2cccc(N)c2)c1. The van der Waals surface area contributed by atoms with E-state index in [1.165, 1.54) is 24.3 Å². The summed E-state index contributed by atoms with van der Waals surface area (Å²) in [6, 6.07) is 12.1. The van der Waals surface area contributed by atoms with Gasteiger partial charge in [-0.15, -0.1) is 24.8 Å². The first-order chi connectivity index (χ1) is 11.4. The third kappa shape index (κ3) is 5.19. The minimum atomic E-state index is -2.29. The van der Waals surface area contributed by atoms with Gasteiger partial charge in [0.25, 0.3) is 0 Å². The van der Waals surface area contributed by atoms with Crippen LogP contribution >= 0.6 is 24.8 Å². The van der Waals surface area contributed by atoms with E-state index in [1.54, 1.807) is 24.3 Å². The summed E-state index contributed by atoms with van der Waals surface area (Å²) >= 11 is 0. The summed E-state index contributed by atoms with van der Waals surface area (Å²) in [7, 11) is 0. The maximum atomic E-state index is 12.8. The lowest BCUT2D eigenvalue weighted by molar-refractivity contribution is 0.0240. The van der Waals surface area contributed by atoms with Crippen LogP contribution in [0.4, 0.5) is 11.4 Å². The van der Waals surface area contributed by atoms with Gasteiger partial charge in [-0.05, 0) is 37.1 Å². The lowest BCUT2D eigenvalue weighted by Gasteiger charge is -2.25. The molecule has 0 saturated carbocycles. The lowest BCUT2D eigenvalue weighted by atomic mass is 9.82. The quantitative estimate of drug-likeness (QED) is 0.320. The topological polar surface area (TPSA) is 127 Å². The molecule has 0 radical (unpaired) electrons. The van der Waals surface area contributed by atoms with E-state index < -0.39 is 17.2 Å². The van der Waals surface area contributed by atoms with Gasteiger partial charge >= 0.3 is 0 Å². The van der Waals surface area contributed by atoms with Gasteiger partial charge in [-0.2, -0.15) is 0 Å². The van der Waals surface area contributed by atoms with E-state index in [0.717, 1.165) is 0 Å². The van der Waals surface area contributed by atoms with Gasteiger partial charge in [-0.3, -0.25) is 9.59 Å². The smallest absolute Gasteiger partial charge is 0.202 e. The van der Waals surface area contributed by atoms with Gasteiger partial charge in [-0.25, -0.2) is 0 Å². The summed E-state index contributed by atoms with van der Waals surface area (Å²) < 4.78 is 0. The molecule has 0 bridgehead atoms. The molecule has 6 nitrogen and oxygen atoms in total. The van der Waals surface area contributed by atoms with Crippen molar-refractivity contribution in [3.05, 3.63) is 59.7 Å². The predicted molar refractivity (Wildman–Crippen MR) is 106 cm³/mol. The van der Waals surface area contributed by atoms with Gasteiger partial charge in [-0.1, -0.05) is 24.3 Å². The van der Waals surface area contributed by atoms with E-state index in [-0.39, 0.29) is 55.4 Å². The Morgan fingerprint density at radius 2 is 1.31 bits per heavy atom.